The number of piperidine rings is 1. The SMILES string of the molecule is CC(C)(C)c1csc(CN2CCC(C3CCCN3)CC2)n1.Cl. The van der Waals surface area contributed by atoms with Crippen molar-refractivity contribution in [3.05, 3.63) is 16.1 Å². The zero-order valence-electron chi connectivity index (χ0n) is 14.1. The minimum Gasteiger partial charge on any atom is -0.314 e. The Morgan fingerprint density at radius 1 is 1.27 bits per heavy atom. The Hall–Kier alpha value is -0.160. The standard InChI is InChI=1S/C17H29N3S.ClH/c1-17(2,3)15-12-21-16(19-15)11-20-9-6-13(7-10-20)14-5-4-8-18-14;/h12-14,18H,4-11H2,1-3H3;1H. The maximum absolute atomic E-state index is 4.84. The number of likely N-dealkylation sites (tertiary alicyclic amines) is 1. The van der Waals surface area contributed by atoms with Gasteiger partial charge in [0.2, 0.25) is 0 Å². The van der Waals surface area contributed by atoms with Gasteiger partial charge in [0.15, 0.2) is 0 Å². The number of hydrogen-bond donors (Lipinski definition) is 1. The van der Waals surface area contributed by atoms with Crippen LogP contribution in [0.2, 0.25) is 0 Å². The van der Waals surface area contributed by atoms with E-state index < -0.39 is 0 Å². The van der Waals surface area contributed by atoms with E-state index >= 15 is 0 Å². The van der Waals surface area contributed by atoms with E-state index in [-0.39, 0.29) is 17.8 Å². The van der Waals surface area contributed by atoms with Crippen LogP contribution in [-0.2, 0) is 12.0 Å². The molecule has 2 aliphatic rings. The fourth-order valence-electron chi connectivity index (χ4n) is 3.55. The summed E-state index contributed by atoms with van der Waals surface area (Å²) in [6.07, 6.45) is 5.48. The lowest BCUT2D eigenvalue weighted by Crippen LogP contribution is -2.40. The molecule has 2 saturated heterocycles. The molecule has 1 aromatic rings. The highest BCUT2D eigenvalue weighted by atomic mass is 35.5. The Labute approximate surface area is 145 Å². The van der Waals surface area contributed by atoms with E-state index in [4.69, 9.17) is 4.98 Å². The van der Waals surface area contributed by atoms with Gasteiger partial charge in [-0.3, -0.25) is 4.90 Å². The predicted octanol–water partition coefficient (Wildman–Crippen LogP) is 3.83. The summed E-state index contributed by atoms with van der Waals surface area (Å²) in [6.45, 7) is 11.5. The van der Waals surface area contributed by atoms with Crippen molar-refractivity contribution in [2.45, 2.75) is 64.5 Å². The topological polar surface area (TPSA) is 28.2 Å². The van der Waals surface area contributed by atoms with Gasteiger partial charge >= 0.3 is 0 Å². The largest absolute Gasteiger partial charge is 0.314 e. The van der Waals surface area contributed by atoms with E-state index in [0.717, 1.165) is 18.5 Å². The molecule has 1 aromatic heterocycles. The van der Waals surface area contributed by atoms with Gasteiger partial charge in [0, 0.05) is 16.8 Å². The average molecular weight is 344 g/mol. The van der Waals surface area contributed by atoms with Gasteiger partial charge in [0.25, 0.3) is 0 Å². The van der Waals surface area contributed by atoms with Crippen molar-refractivity contribution in [2.24, 2.45) is 5.92 Å². The van der Waals surface area contributed by atoms with Gasteiger partial charge in [-0.1, -0.05) is 20.8 Å². The summed E-state index contributed by atoms with van der Waals surface area (Å²) in [4.78, 5) is 7.43. The minimum atomic E-state index is 0. The quantitative estimate of drug-likeness (QED) is 0.904. The summed E-state index contributed by atoms with van der Waals surface area (Å²) in [5.74, 6) is 0.908. The Morgan fingerprint density at radius 3 is 2.55 bits per heavy atom. The molecule has 2 aliphatic heterocycles. The van der Waals surface area contributed by atoms with Crippen molar-refractivity contribution < 1.29 is 0 Å². The second kappa shape index (κ2) is 7.61. The van der Waals surface area contributed by atoms with Crippen molar-refractivity contribution in [3.63, 3.8) is 0 Å². The van der Waals surface area contributed by atoms with Gasteiger partial charge in [-0.2, -0.15) is 0 Å². The van der Waals surface area contributed by atoms with E-state index in [1.165, 1.54) is 56.0 Å². The molecule has 1 N–H and O–H groups in total. The molecule has 1 unspecified atom stereocenters. The molecule has 3 rings (SSSR count). The highest BCUT2D eigenvalue weighted by Crippen LogP contribution is 2.28. The van der Waals surface area contributed by atoms with E-state index in [1.54, 1.807) is 0 Å². The summed E-state index contributed by atoms with van der Waals surface area (Å²) >= 11 is 1.83. The summed E-state index contributed by atoms with van der Waals surface area (Å²) in [6, 6.07) is 0.805. The van der Waals surface area contributed by atoms with Crippen LogP contribution in [0.5, 0.6) is 0 Å². The van der Waals surface area contributed by atoms with E-state index in [2.05, 4.69) is 36.4 Å². The van der Waals surface area contributed by atoms with Crippen LogP contribution in [-0.4, -0.2) is 35.6 Å². The highest BCUT2D eigenvalue weighted by Gasteiger charge is 2.28. The summed E-state index contributed by atoms with van der Waals surface area (Å²) in [7, 11) is 0. The predicted molar refractivity (Wildman–Crippen MR) is 97.1 cm³/mol. The second-order valence-corrected chi connectivity index (χ2v) is 8.64. The molecule has 0 bridgehead atoms. The Balaban J connectivity index is 0.00000176. The van der Waals surface area contributed by atoms with Crippen LogP contribution in [0.1, 0.15) is 57.2 Å². The van der Waals surface area contributed by atoms with Gasteiger partial charge in [0.1, 0.15) is 5.01 Å². The van der Waals surface area contributed by atoms with Crippen LogP contribution in [0.15, 0.2) is 5.38 Å². The highest BCUT2D eigenvalue weighted by molar-refractivity contribution is 7.09. The van der Waals surface area contributed by atoms with Crippen molar-refractivity contribution in [1.29, 1.82) is 0 Å². The lowest BCUT2D eigenvalue weighted by atomic mass is 9.88. The molecule has 2 fully saturated rings. The molecule has 126 valence electrons. The first-order valence-corrected chi connectivity index (χ1v) is 9.31. The molecule has 0 spiro atoms. The van der Waals surface area contributed by atoms with E-state index in [1.807, 2.05) is 11.3 Å². The average Bonchev–Trinajstić information content (AvgIpc) is 3.09. The van der Waals surface area contributed by atoms with Gasteiger partial charge in [0.05, 0.1) is 12.2 Å². The number of halogens is 1. The van der Waals surface area contributed by atoms with Crippen LogP contribution in [0.4, 0.5) is 0 Å². The third kappa shape index (κ3) is 4.44. The van der Waals surface area contributed by atoms with Crippen LogP contribution >= 0.6 is 23.7 Å². The summed E-state index contributed by atoms with van der Waals surface area (Å²) < 4.78 is 0. The maximum Gasteiger partial charge on any atom is 0.107 e. The van der Waals surface area contributed by atoms with E-state index in [0.29, 0.717) is 0 Å². The minimum absolute atomic E-state index is 0. The molecule has 3 heterocycles. The van der Waals surface area contributed by atoms with E-state index in [9.17, 15) is 0 Å². The van der Waals surface area contributed by atoms with Gasteiger partial charge in [-0.15, -0.1) is 23.7 Å². The van der Waals surface area contributed by atoms with Crippen molar-refractivity contribution in [3.8, 4) is 0 Å². The zero-order valence-corrected chi connectivity index (χ0v) is 15.7. The normalized spacial score (nSPS) is 24.4. The molecular weight excluding hydrogens is 314 g/mol. The van der Waals surface area contributed by atoms with Gasteiger partial charge in [-0.05, 0) is 51.2 Å². The number of nitrogens with zero attached hydrogens (tertiary/aromatic N) is 2. The van der Waals surface area contributed by atoms with Crippen LogP contribution in [0, 0.1) is 5.92 Å². The number of aromatic nitrogens is 1. The third-order valence-electron chi connectivity index (χ3n) is 4.98. The number of thiazole rings is 1. The third-order valence-corrected chi connectivity index (χ3v) is 5.81. The molecule has 0 saturated carbocycles. The molecule has 0 aliphatic carbocycles. The summed E-state index contributed by atoms with van der Waals surface area (Å²) in [5, 5.41) is 7.21. The maximum atomic E-state index is 4.84. The lowest BCUT2D eigenvalue weighted by Gasteiger charge is -2.34. The molecule has 0 radical (unpaired) electrons. The summed E-state index contributed by atoms with van der Waals surface area (Å²) in [5.41, 5.74) is 1.42. The Kier molecular flexibility index (Phi) is 6.29. The fraction of sp³-hybridized carbons (Fsp3) is 0.824. The lowest BCUT2D eigenvalue weighted by molar-refractivity contribution is 0.157. The Morgan fingerprint density at radius 2 is 2.00 bits per heavy atom. The van der Waals surface area contributed by atoms with Crippen LogP contribution in [0.3, 0.4) is 0 Å². The van der Waals surface area contributed by atoms with Crippen LogP contribution < -0.4 is 5.32 Å². The Bertz CT molecular complexity index is 455. The smallest absolute Gasteiger partial charge is 0.107 e. The molecule has 22 heavy (non-hydrogen) atoms. The number of rotatable bonds is 3. The van der Waals surface area contributed by atoms with Crippen molar-refractivity contribution >= 4 is 23.7 Å². The molecule has 5 heteroatoms. The van der Waals surface area contributed by atoms with Gasteiger partial charge in [-0.25, -0.2) is 4.98 Å². The number of nitrogens with one attached hydrogen (secondary N) is 1. The molecular formula is C17H30ClN3S. The molecule has 3 nitrogen and oxygen atoms in total. The second-order valence-electron chi connectivity index (χ2n) is 7.69. The zero-order chi connectivity index (χ0) is 14.9. The van der Waals surface area contributed by atoms with Crippen molar-refractivity contribution in [2.75, 3.05) is 19.6 Å². The monoisotopic (exact) mass is 343 g/mol. The first kappa shape index (κ1) is 18.2. The molecule has 0 amide bonds. The first-order valence-electron chi connectivity index (χ1n) is 8.43. The first-order chi connectivity index (χ1) is 10.0. The molecule has 0 aromatic carbocycles. The molecule has 1 atom stereocenters. The van der Waals surface area contributed by atoms with Crippen molar-refractivity contribution in [1.82, 2.24) is 15.2 Å². The van der Waals surface area contributed by atoms with Gasteiger partial charge < -0.3 is 5.32 Å². The number of hydrogen-bond acceptors (Lipinski definition) is 4. The fourth-order valence-corrected chi connectivity index (χ4v) is 4.61. The van der Waals surface area contributed by atoms with Crippen LogP contribution in [0.25, 0.3) is 0 Å².